The summed E-state index contributed by atoms with van der Waals surface area (Å²) in [6.45, 7) is 0.417. The van der Waals surface area contributed by atoms with E-state index in [0.29, 0.717) is 23.4 Å². The molecule has 1 aliphatic heterocycles. The highest BCUT2D eigenvalue weighted by atomic mass is 33.1. The molecule has 1 aromatic rings. The van der Waals surface area contributed by atoms with Gasteiger partial charge in [0.05, 0.1) is 11.1 Å². The number of imide groups is 1. The smallest absolute Gasteiger partial charge is 0.261 e. The molecule has 0 radical (unpaired) electrons. The van der Waals surface area contributed by atoms with Crippen LogP contribution in [0.3, 0.4) is 0 Å². The van der Waals surface area contributed by atoms with Gasteiger partial charge in [0.15, 0.2) is 0 Å². The predicted octanol–water partition coefficient (Wildman–Crippen LogP) is 1.86. The number of hydrogen-bond acceptors (Lipinski definition) is 4. The summed E-state index contributed by atoms with van der Waals surface area (Å²) >= 11 is 3.98. The number of amides is 2. The molecule has 5 heteroatoms. The molecule has 0 fully saturated rings. The second-order valence-electron chi connectivity index (χ2n) is 3.14. The van der Waals surface area contributed by atoms with E-state index in [9.17, 15) is 9.59 Å². The Bertz CT molecular complexity index is 385. The van der Waals surface area contributed by atoms with Crippen molar-refractivity contribution in [2.75, 3.05) is 12.3 Å². The fourth-order valence-electron chi connectivity index (χ4n) is 1.57. The van der Waals surface area contributed by atoms with Gasteiger partial charge in [-0.25, -0.2) is 0 Å². The number of carbonyl (C=O) groups is 2. The fourth-order valence-corrected chi connectivity index (χ4v) is 2.08. The van der Waals surface area contributed by atoms with Gasteiger partial charge < -0.3 is 0 Å². The summed E-state index contributed by atoms with van der Waals surface area (Å²) in [6.07, 6.45) is 0. The number of benzene rings is 1. The molecule has 0 spiro atoms. The summed E-state index contributed by atoms with van der Waals surface area (Å²) in [6, 6.07) is 6.90. The number of fused-ring (bicyclic) bond motifs is 1. The highest BCUT2D eigenvalue weighted by Gasteiger charge is 2.34. The van der Waals surface area contributed by atoms with E-state index in [-0.39, 0.29) is 11.8 Å². The molecule has 0 unspecified atom stereocenters. The van der Waals surface area contributed by atoms with E-state index in [0.717, 1.165) is 0 Å². The maximum atomic E-state index is 11.8. The van der Waals surface area contributed by atoms with Crippen LogP contribution in [0.4, 0.5) is 0 Å². The lowest BCUT2D eigenvalue weighted by Gasteiger charge is -2.11. The van der Waals surface area contributed by atoms with Crippen LogP contribution < -0.4 is 0 Å². The zero-order valence-electron chi connectivity index (χ0n) is 7.84. The van der Waals surface area contributed by atoms with Crippen LogP contribution in [0.1, 0.15) is 20.7 Å². The van der Waals surface area contributed by atoms with E-state index in [1.165, 1.54) is 15.7 Å². The van der Waals surface area contributed by atoms with Gasteiger partial charge in [0.1, 0.15) is 0 Å². The van der Waals surface area contributed by atoms with Crippen LogP contribution >= 0.6 is 22.5 Å². The van der Waals surface area contributed by atoms with Crippen molar-refractivity contribution in [3.8, 4) is 0 Å². The largest absolute Gasteiger partial charge is 0.273 e. The Morgan fingerprint density at radius 3 is 2.13 bits per heavy atom. The molecular weight excluding hydrogens is 230 g/mol. The molecule has 0 bridgehead atoms. The molecule has 78 valence electrons. The average Bonchev–Trinajstić information content (AvgIpc) is 2.51. The van der Waals surface area contributed by atoms with Crippen molar-refractivity contribution in [3.63, 3.8) is 0 Å². The summed E-state index contributed by atoms with van der Waals surface area (Å²) in [5.41, 5.74) is 1.01. The first-order valence-corrected chi connectivity index (χ1v) is 6.51. The first-order valence-electron chi connectivity index (χ1n) is 4.47. The Morgan fingerprint density at radius 2 is 1.67 bits per heavy atom. The first-order chi connectivity index (χ1) is 7.25. The number of rotatable bonds is 3. The lowest BCUT2D eigenvalue weighted by molar-refractivity contribution is 0.0664. The molecule has 0 aliphatic carbocycles. The number of carbonyl (C=O) groups excluding carboxylic acids is 2. The Balaban J connectivity index is 2.29. The minimum atomic E-state index is -0.196. The number of thiol groups is 1. The Kier molecular flexibility index (Phi) is 3.02. The molecule has 0 aromatic heterocycles. The van der Waals surface area contributed by atoms with Gasteiger partial charge in [0.25, 0.3) is 11.8 Å². The van der Waals surface area contributed by atoms with E-state index in [1.807, 2.05) is 0 Å². The minimum absolute atomic E-state index is 0.196. The van der Waals surface area contributed by atoms with Crippen LogP contribution in [0.15, 0.2) is 24.3 Å². The molecular formula is C10H9NO2S2. The minimum Gasteiger partial charge on any atom is -0.273 e. The highest BCUT2D eigenvalue weighted by Crippen LogP contribution is 2.22. The topological polar surface area (TPSA) is 37.4 Å². The molecule has 0 N–H and O–H groups in total. The lowest BCUT2D eigenvalue weighted by Crippen LogP contribution is -2.31. The van der Waals surface area contributed by atoms with Crippen LogP contribution in [0.25, 0.3) is 0 Å². The van der Waals surface area contributed by atoms with Crippen LogP contribution in [0.2, 0.25) is 0 Å². The van der Waals surface area contributed by atoms with Gasteiger partial charge in [-0.15, -0.1) is 11.7 Å². The van der Waals surface area contributed by atoms with Crippen molar-refractivity contribution in [1.82, 2.24) is 4.90 Å². The summed E-state index contributed by atoms with van der Waals surface area (Å²) < 4.78 is 0. The Hall–Kier alpha value is -0.940. The van der Waals surface area contributed by atoms with E-state index < -0.39 is 0 Å². The fraction of sp³-hybridized carbons (Fsp3) is 0.200. The molecule has 0 saturated heterocycles. The second-order valence-corrected chi connectivity index (χ2v) is 4.58. The molecule has 1 heterocycles. The van der Waals surface area contributed by atoms with Crippen molar-refractivity contribution in [1.29, 1.82) is 0 Å². The molecule has 3 nitrogen and oxygen atoms in total. The van der Waals surface area contributed by atoms with Gasteiger partial charge in [-0.1, -0.05) is 22.9 Å². The molecule has 1 aliphatic rings. The third kappa shape index (κ3) is 1.77. The van der Waals surface area contributed by atoms with Crippen LogP contribution in [0, 0.1) is 0 Å². The van der Waals surface area contributed by atoms with Crippen molar-refractivity contribution >= 4 is 34.3 Å². The van der Waals surface area contributed by atoms with Gasteiger partial charge in [-0.3, -0.25) is 14.5 Å². The van der Waals surface area contributed by atoms with Crippen LogP contribution in [0.5, 0.6) is 0 Å². The van der Waals surface area contributed by atoms with Crippen molar-refractivity contribution in [2.24, 2.45) is 0 Å². The van der Waals surface area contributed by atoms with Gasteiger partial charge in [-0.2, -0.15) is 0 Å². The summed E-state index contributed by atoms with van der Waals surface area (Å²) in [4.78, 5) is 24.8. The summed E-state index contributed by atoms with van der Waals surface area (Å²) in [5, 5.41) is 0. The van der Waals surface area contributed by atoms with Crippen molar-refractivity contribution in [3.05, 3.63) is 35.4 Å². The third-order valence-corrected chi connectivity index (χ3v) is 3.20. The average molecular weight is 239 g/mol. The van der Waals surface area contributed by atoms with Crippen molar-refractivity contribution in [2.45, 2.75) is 0 Å². The maximum Gasteiger partial charge on any atom is 0.261 e. The van der Waals surface area contributed by atoms with Gasteiger partial charge in [-0.05, 0) is 12.1 Å². The molecule has 0 atom stereocenters. The summed E-state index contributed by atoms with van der Waals surface area (Å²) in [5.74, 6) is 0.255. The maximum absolute atomic E-state index is 11.8. The Labute approximate surface area is 96.6 Å². The number of nitrogens with zero attached hydrogens (tertiary/aromatic N) is 1. The first kappa shape index (κ1) is 10.6. The monoisotopic (exact) mass is 239 g/mol. The van der Waals surface area contributed by atoms with E-state index in [4.69, 9.17) is 0 Å². The van der Waals surface area contributed by atoms with Crippen molar-refractivity contribution < 1.29 is 9.59 Å². The highest BCUT2D eigenvalue weighted by molar-refractivity contribution is 8.68. The zero-order chi connectivity index (χ0) is 10.8. The summed E-state index contributed by atoms with van der Waals surface area (Å²) in [7, 11) is 1.32. The van der Waals surface area contributed by atoms with Gasteiger partial charge >= 0.3 is 0 Å². The quantitative estimate of drug-likeness (QED) is 0.497. The lowest BCUT2D eigenvalue weighted by atomic mass is 10.1. The third-order valence-electron chi connectivity index (χ3n) is 2.28. The van der Waals surface area contributed by atoms with Gasteiger partial charge in [0, 0.05) is 12.3 Å². The zero-order valence-corrected chi connectivity index (χ0v) is 9.55. The van der Waals surface area contributed by atoms with E-state index >= 15 is 0 Å². The van der Waals surface area contributed by atoms with Crippen LogP contribution in [-0.4, -0.2) is 29.0 Å². The van der Waals surface area contributed by atoms with E-state index in [2.05, 4.69) is 11.7 Å². The standard InChI is InChI=1S/C10H9NO2S2/c12-9-7-3-1-2-4-8(7)10(13)11(9)5-6-15-14/h1-4,14H,5-6H2. The molecule has 2 amide bonds. The van der Waals surface area contributed by atoms with Crippen LogP contribution in [-0.2, 0) is 0 Å². The molecule has 2 rings (SSSR count). The SMILES string of the molecule is O=C1c2ccccc2C(=O)N1CCSS. The van der Waals surface area contributed by atoms with E-state index in [1.54, 1.807) is 24.3 Å². The predicted molar refractivity (Wildman–Crippen MR) is 63.3 cm³/mol. The number of hydrogen-bond donors (Lipinski definition) is 1. The van der Waals surface area contributed by atoms with Gasteiger partial charge in [0.2, 0.25) is 0 Å². The Morgan fingerprint density at radius 1 is 1.13 bits per heavy atom. The molecule has 15 heavy (non-hydrogen) atoms. The second kappa shape index (κ2) is 4.28. The molecule has 1 aromatic carbocycles. The normalized spacial score (nSPS) is 14.6. The molecule has 0 saturated carbocycles.